The van der Waals surface area contributed by atoms with Gasteiger partial charge in [-0.15, -0.1) is 0 Å². The van der Waals surface area contributed by atoms with Gasteiger partial charge >= 0.3 is 0 Å². The summed E-state index contributed by atoms with van der Waals surface area (Å²) in [6.07, 6.45) is 3.81. The molecule has 4 nitrogen and oxygen atoms in total. The molecule has 0 radical (unpaired) electrons. The highest BCUT2D eigenvalue weighted by Gasteiger charge is 2.23. The van der Waals surface area contributed by atoms with Crippen molar-refractivity contribution in [1.29, 1.82) is 0 Å². The maximum Gasteiger partial charge on any atom is 0.159 e. The number of anilines is 2. The van der Waals surface area contributed by atoms with E-state index < -0.39 is 0 Å². The molecule has 1 N–H and O–H groups in total. The Balaban J connectivity index is 0.000000214. The number of allylic oxidation sites excluding steroid dienone is 2. The maximum atomic E-state index is 11.1. The Morgan fingerprint density at radius 1 is 1.00 bits per heavy atom. The zero-order valence-corrected chi connectivity index (χ0v) is 23.3. The van der Waals surface area contributed by atoms with Crippen molar-refractivity contribution in [1.82, 2.24) is 4.90 Å². The third-order valence-corrected chi connectivity index (χ3v) is 7.16. The van der Waals surface area contributed by atoms with Gasteiger partial charge < -0.3 is 14.9 Å². The number of rotatable bonds is 7. The monoisotopic (exact) mass is 522 g/mol. The Bertz CT molecular complexity index is 1240. The molecule has 0 unspecified atom stereocenters. The molecule has 190 valence electrons. The van der Waals surface area contributed by atoms with Gasteiger partial charge in [-0.1, -0.05) is 47.1 Å². The van der Waals surface area contributed by atoms with Gasteiger partial charge in [0.05, 0.1) is 11.4 Å². The van der Waals surface area contributed by atoms with Gasteiger partial charge in [-0.05, 0) is 108 Å². The standard InChI is InChI=1S/C17H19ClN2S.C13H16O2/c1-19(2)10-5-11-20-14-6-3-4-7-16(14)21-17-9-8-13(18)12-15(17)20;1-9(2)4-5-12-8-11(10(3)14)6-7-13(12)15/h3-4,6-9,12H,5,10-11H2,1-2H3;4,6-8,15H,5H2,1-3H3. The molecule has 0 fully saturated rings. The van der Waals surface area contributed by atoms with Gasteiger partial charge in [0.2, 0.25) is 0 Å². The van der Waals surface area contributed by atoms with E-state index in [2.05, 4.69) is 60.3 Å². The highest BCUT2D eigenvalue weighted by Crippen LogP contribution is 2.48. The van der Waals surface area contributed by atoms with Gasteiger partial charge in [0.1, 0.15) is 5.75 Å². The first-order valence-corrected chi connectivity index (χ1v) is 13.3. The second-order valence-corrected chi connectivity index (χ2v) is 10.9. The van der Waals surface area contributed by atoms with Gasteiger partial charge in [-0.25, -0.2) is 0 Å². The normalized spacial score (nSPS) is 11.8. The number of carbonyl (C=O) groups excluding carboxylic acids is 1. The molecule has 0 atom stereocenters. The number of hydrogen-bond acceptors (Lipinski definition) is 5. The first kappa shape index (κ1) is 27.9. The van der Waals surface area contributed by atoms with Gasteiger partial charge in [0.15, 0.2) is 5.78 Å². The van der Waals surface area contributed by atoms with Crippen LogP contribution in [0.25, 0.3) is 0 Å². The van der Waals surface area contributed by atoms with Crippen LogP contribution in [0.2, 0.25) is 5.02 Å². The number of Topliss-reactive ketones (excluding diaryl/α,β-unsaturated/α-hetero) is 1. The number of para-hydroxylation sites is 1. The summed E-state index contributed by atoms with van der Waals surface area (Å²) >= 11 is 8.03. The van der Waals surface area contributed by atoms with Crippen LogP contribution in [0.15, 0.2) is 82.1 Å². The first-order valence-electron chi connectivity index (χ1n) is 12.1. The van der Waals surface area contributed by atoms with E-state index in [1.165, 1.54) is 33.7 Å². The minimum absolute atomic E-state index is 0.0217. The van der Waals surface area contributed by atoms with E-state index >= 15 is 0 Å². The minimum atomic E-state index is 0.0217. The zero-order valence-electron chi connectivity index (χ0n) is 21.7. The van der Waals surface area contributed by atoms with Crippen LogP contribution in [0, 0.1) is 0 Å². The highest BCUT2D eigenvalue weighted by atomic mass is 35.5. The molecule has 1 aliphatic rings. The summed E-state index contributed by atoms with van der Waals surface area (Å²) in [5, 5.41) is 10.4. The van der Waals surface area contributed by atoms with Crippen molar-refractivity contribution in [3.63, 3.8) is 0 Å². The van der Waals surface area contributed by atoms with Gasteiger partial charge in [-0.2, -0.15) is 0 Å². The summed E-state index contributed by atoms with van der Waals surface area (Å²) in [4.78, 5) is 18.4. The average Bonchev–Trinajstić information content (AvgIpc) is 2.83. The Labute approximate surface area is 224 Å². The molecule has 3 aromatic rings. The molecule has 3 aromatic carbocycles. The Morgan fingerprint density at radius 2 is 1.72 bits per heavy atom. The number of hydrogen-bond donors (Lipinski definition) is 1. The SMILES string of the molecule is CC(=O)c1ccc(O)c(CC=C(C)C)c1.CN(C)CCCN1c2ccccc2Sc2ccc(Cl)cc21. The molecule has 0 aliphatic carbocycles. The van der Waals surface area contributed by atoms with Crippen molar-refractivity contribution in [2.24, 2.45) is 0 Å². The summed E-state index contributed by atoms with van der Waals surface area (Å²) in [5.41, 5.74) is 5.15. The zero-order chi connectivity index (χ0) is 26.2. The van der Waals surface area contributed by atoms with Crippen LogP contribution in [0.1, 0.15) is 43.1 Å². The third kappa shape index (κ3) is 7.63. The van der Waals surface area contributed by atoms with E-state index in [1.54, 1.807) is 18.2 Å². The lowest BCUT2D eigenvalue weighted by Crippen LogP contribution is -2.25. The summed E-state index contributed by atoms with van der Waals surface area (Å²) in [7, 11) is 4.23. The topological polar surface area (TPSA) is 43.8 Å². The second-order valence-electron chi connectivity index (χ2n) is 9.38. The Hall–Kier alpha value is -2.73. The average molecular weight is 523 g/mol. The number of halogens is 1. The fourth-order valence-corrected chi connectivity index (χ4v) is 5.11. The minimum Gasteiger partial charge on any atom is -0.508 e. The molecule has 36 heavy (non-hydrogen) atoms. The fraction of sp³-hybridized carbons (Fsp3) is 0.300. The quantitative estimate of drug-likeness (QED) is 0.251. The van der Waals surface area contributed by atoms with Gasteiger partial charge in [0.25, 0.3) is 0 Å². The summed E-state index contributed by atoms with van der Waals surface area (Å²) in [6.45, 7) is 7.62. The second kappa shape index (κ2) is 13.0. The van der Waals surface area contributed by atoms with Crippen molar-refractivity contribution >= 4 is 40.5 Å². The molecular formula is C30H35ClN2O2S. The molecule has 0 amide bonds. The lowest BCUT2D eigenvalue weighted by molar-refractivity contribution is 0.101. The van der Waals surface area contributed by atoms with Crippen LogP contribution in [0.3, 0.4) is 0 Å². The Kier molecular flexibility index (Phi) is 10.1. The molecule has 0 spiro atoms. The van der Waals surface area contributed by atoms with Crippen LogP contribution < -0.4 is 4.90 Å². The van der Waals surface area contributed by atoms with E-state index in [0.29, 0.717) is 12.0 Å². The van der Waals surface area contributed by atoms with Crippen LogP contribution in [0.4, 0.5) is 11.4 Å². The largest absolute Gasteiger partial charge is 0.508 e. The number of benzene rings is 3. The fourth-order valence-electron chi connectivity index (χ4n) is 3.87. The number of aromatic hydroxyl groups is 1. The molecule has 4 rings (SSSR count). The number of carbonyl (C=O) groups is 1. The van der Waals surface area contributed by atoms with Crippen LogP contribution in [0.5, 0.6) is 5.75 Å². The number of phenols is 1. The predicted molar refractivity (Wildman–Crippen MR) is 153 cm³/mol. The maximum absolute atomic E-state index is 11.1. The van der Waals surface area contributed by atoms with E-state index in [0.717, 1.165) is 30.1 Å². The summed E-state index contributed by atoms with van der Waals surface area (Å²) in [6, 6.07) is 19.7. The van der Waals surface area contributed by atoms with Crippen molar-refractivity contribution in [3.05, 3.63) is 88.5 Å². The van der Waals surface area contributed by atoms with Gasteiger partial charge in [0, 0.05) is 26.9 Å². The number of phenolic OH excluding ortho intramolecular Hbond substituents is 1. The van der Waals surface area contributed by atoms with Gasteiger partial charge in [-0.3, -0.25) is 4.79 Å². The number of nitrogens with zero attached hydrogens (tertiary/aromatic N) is 2. The van der Waals surface area contributed by atoms with Crippen LogP contribution >= 0.6 is 23.4 Å². The summed E-state index contributed by atoms with van der Waals surface area (Å²) < 4.78 is 0. The highest BCUT2D eigenvalue weighted by molar-refractivity contribution is 7.99. The molecule has 0 saturated carbocycles. The molecule has 6 heteroatoms. The molecule has 0 aromatic heterocycles. The predicted octanol–water partition coefficient (Wildman–Crippen LogP) is 8.00. The van der Waals surface area contributed by atoms with E-state index in [4.69, 9.17) is 11.6 Å². The van der Waals surface area contributed by atoms with Crippen molar-refractivity contribution in [2.75, 3.05) is 32.1 Å². The first-order chi connectivity index (χ1) is 17.2. The van der Waals surface area contributed by atoms with Crippen molar-refractivity contribution in [2.45, 2.75) is 43.4 Å². The molecule has 0 bridgehead atoms. The van der Waals surface area contributed by atoms with Crippen LogP contribution in [-0.2, 0) is 6.42 Å². The smallest absolute Gasteiger partial charge is 0.159 e. The van der Waals surface area contributed by atoms with E-state index in [9.17, 15) is 9.90 Å². The van der Waals surface area contributed by atoms with Crippen molar-refractivity contribution in [3.8, 4) is 5.75 Å². The molecule has 0 saturated heterocycles. The molecular weight excluding hydrogens is 488 g/mol. The molecule has 1 aliphatic heterocycles. The van der Waals surface area contributed by atoms with Crippen molar-refractivity contribution < 1.29 is 9.90 Å². The number of fused-ring (bicyclic) bond motifs is 2. The van der Waals surface area contributed by atoms with Crippen LogP contribution in [-0.4, -0.2) is 43.0 Å². The Morgan fingerprint density at radius 3 is 2.42 bits per heavy atom. The number of ketones is 1. The third-order valence-electron chi connectivity index (χ3n) is 5.79. The summed E-state index contributed by atoms with van der Waals surface area (Å²) in [5.74, 6) is 0.269. The lowest BCUT2D eigenvalue weighted by atomic mass is 10.0. The van der Waals surface area contributed by atoms with E-state index in [-0.39, 0.29) is 11.5 Å². The van der Waals surface area contributed by atoms with E-state index in [1.807, 2.05) is 37.8 Å². The molecule has 1 heterocycles. The lowest BCUT2D eigenvalue weighted by Gasteiger charge is -2.33.